The van der Waals surface area contributed by atoms with E-state index in [1.165, 1.54) is 18.5 Å². The van der Waals surface area contributed by atoms with Gasteiger partial charge in [-0.1, -0.05) is 0 Å². The summed E-state index contributed by atoms with van der Waals surface area (Å²) in [6.45, 7) is 0. The second-order valence-electron chi connectivity index (χ2n) is 4.25. The monoisotopic (exact) mass is 380 g/mol. The van der Waals surface area contributed by atoms with Crippen molar-refractivity contribution in [1.82, 2.24) is 9.97 Å². The first-order valence-electron chi connectivity index (χ1n) is 5.86. The topological polar surface area (TPSA) is 63.8 Å². The number of nitrogens with zero attached hydrogens (tertiary/aromatic N) is 2. The maximum absolute atomic E-state index is 13.1. The molecule has 0 radical (unpaired) electrons. The molecule has 1 heterocycles. The molecule has 0 fully saturated rings. The standard InChI is InChI=1S/C14H10FIN4/c15-8-1-4-12(11(16)5-8)20-14-10-3-2-9(17)6-13(10)18-7-19-14/h1-7H,17H2,(H,18,19,20). The Kier molecular flexibility index (Phi) is 3.39. The summed E-state index contributed by atoms with van der Waals surface area (Å²) in [5.74, 6) is 0.403. The molecule has 20 heavy (non-hydrogen) atoms. The van der Waals surface area contributed by atoms with E-state index in [2.05, 4.69) is 37.9 Å². The van der Waals surface area contributed by atoms with E-state index in [0.717, 1.165) is 20.2 Å². The van der Waals surface area contributed by atoms with Gasteiger partial charge in [0.05, 0.1) is 11.2 Å². The van der Waals surface area contributed by atoms with Crippen molar-refractivity contribution < 1.29 is 4.39 Å². The summed E-state index contributed by atoms with van der Waals surface area (Å²) >= 11 is 2.08. The third-order valence-electron chi connectivity index (χ3n) is 2.84. The number of fused-ring (bicyclic) bond motifs is 1. The minimum atomic E-state index is -0.264. The highest BCUT2D eigenvalue weighted by atomic mass is 127. The molecule has 4 nitrogen and oxygen atoms in total. The molecule has 1 aromatic heterocycles. The van der Waals surface area contributed by atoms with Crippen molar-refractivity contribution in [3.05, 3.63) is 52.1 Å². The molecule has 0 saturated heterocycles. The molecular formula is C14H10FIN4. The second-order valence-corrected chi connectivity index (χ2v) is 5.41. The summed E-state index contributed by atoms with van der Waals surface area (Å²) in [5, 5.41) is 4.06. The van der Waals surface area contributed by atoms with Crippen LogP contribution in [-0.4, -0.2) is 9.97 Å². The molecule has 0 atom stereocenters. The molecule has 3 N–H and O–H groups in total. The molecular weight excluding hydrogens is 370 g/mol. The highest BCUT2D eigenvalue weighted by Crippen LogP contribution is 2.27. The second kappa shape index (κ2) is 5.20. The van der Waals surface area contributed by atoms with Gasteiger partial charge in [0.2, 0.25) is 0 Å². The smallest absolute Gasteiger partial charge is 0.141 e. The maximum Gasteiger partial charge on any atom is 0.141 e. The van der Waals surface area contributed by atoms with Crippen LogP contribution in [-0.2, 0) is 0 Å². The molecule has 6 heteroatoms. The molecule has 0 unspecified atom stereocenters. The molecule has 2 aromatic carbocycles. The van der Waals surface area contributed by atoms with Gasteiger partial charge in [-0.25, -0.2) is 14.4 Å². The van der Waals surface area contributed by atoms with E-state index in [1.807, 2.05) is 6.07 Å². The van der Waals surface area contributed by atoms with Gasteiger partial charge in [-0.05, 0) is 59.0 Å². The van der Waals surface area contributed by atoms with Crippen LogP contribution in [0.1, 0.15) is 0 Å². The van der Waals surface area contributed by atoms with Gasteiger partial charge >= 0.3 is 0 Å². The van der Waals surface area contributed by atoms with Crippen LogP contribution in [0.15, 0.2) is 42.7 Å². The van der Waals surface area contributed by atoms with Crippen molar-refractivity contribution in [2.24, 2.45) is 0 Å². The Morgan fingerprint density at radius 2 is 1.95 bits per heavy atom. The highest BCUT2D eigenvalue weighted by molar-refractivity contribution is 14.1. The van der Waals surface area contributed by atoms with Crippen molar-refractivity contribution in [3.63, 3.8) is 0 Å². The van der Waals surface area contributed by atoms with Crippen LogP contribution in [0, 0.1) is 9.39 Å². The maximum atomic E-state index is 13.1. The van der Waals surface area contributed by atoms with Crippen molar-refractivity contribution >= 4 is 50.7 Å². The summed E-state index contributed by atoms with van der Waals surface area (Å²) in [4.78, 5) is 8.42. The van der Waals surface area contributed by atoms with E-state index in [4.69, 9.17) is 5.73 Å². The predicted molar refractivity (Wildman–Crippen MR) is 86.4 cm³/mol. The SMILES string of the molecule is Nc1ccc2c(Nc3ccc(F)cc3I)ncnc2c1. The van der Waals surface area contributed by atoms with Crippen molar-refractivity contribution in [2.45, 2.75) is 0 Å². The molecule has 0 bridgehead atoms. The zero-order chi connectivity index (χ0) is 14.1. The number of anilines is 3. The number of benzene rings is 2. The minimum absolute atomic E-state index is 0.264. The average molecular weight is 380 g/mol. The third-order valence-corrected chi connectivity index (χ3v) is 3.74. The first kappa shape index (κ1) is 13.0. The van der Waals surface area contributed by atoms with Gasteiger partial charge in [0, 0.05) is 14.6 Å². The lowest BCUT2D eigenvalue weighted by atomic mass is 10.2. The van der Waals surface area contributed by atoms with Crippen LogP contribution >= 0.6 is 22.6 Å². The molecule has 100 valence electrons. The fraction of sp³-hybridized carbons (Fsp3) is 0. The Morgan fingerprint density at radius 3 is 2.75 bits per heavy atom. The number of hydrogen-bond donors (Lipinski definition) is 2. The fourth-order valence-corrected chi connectivity index (χ4v) is 2.50. The normalized spacial score (nSPS) is 10.7. The molecule has 0 aliphatic heterocycles. The van der Waals surface area contributed by atoms with Crippen molar-refractivity contribution in [1.29, 1.82) is 0 Å². The first-order chi connectivity index (χ1) is 9.63. The lowest BCUT2D eigenvalue weighted by molar-refractivity contribution is 0.627. The molecule has 3 rings (SSSR count). The van der Waals surface area contributed by atoms with E-state index < -0.39 is 0 Å². The number of halogens is 2. The van der Waals surface area contributed by atoms with Crippen LogP contribution in [0.5, 0.6) is 0 Å². The van der Waals surface area contributed by atoms with E-state index in [-0.39, 0.29) is 5.82 Å². The number of hydrogen-bond acceptors (Lipinski definition) is 4. The van der Waals surface area contributed by atoms with E-state index in [0.29, 0.717) is 11.5 Å². The summed E-state index contributed by atoms with van der Waals surface area (Å²) in [7, 11) is 0. The van der Waals surface area contributed by atoms with Crippen LogP contribution in [0.4, 0.5) is 21.6 Å². The first-order valence-corrected chi connectivity index (χ1v) is 6.94. The quantitative estimate of drug-likeness (QED) is 0.526. The Bertz CT molecular complexity index is 791. The molecule has 0 spiro atoms. The largest absolute Gasteiger partial charge is 0.399 e. The average Bonchev–Trinajstić information content (AvgIpc) is 2.41. The van der Waals surface area contributed by atoms with Gasteiger partial charge in [-0.3, -0.25) is 0 Å². The van der Waals surface area contributed by atoms with E-state index in [1.54, 1.807) is 18.2 Å². The van der Waals surface area contributed by atoms with Gasteiger partial charge in [0.15, 0.2) is 0 Å². The van der Waals surface area contributed by atoms with Crippen LogP contribution < -0.4 is 11.1 Å². The zero-order valence-electron chi connectivity index (χ0n) is 10.3. The minimum Gasteiger partial charge on any atom is -0.399 e. The summed E-state index contributed by atoms with van der Waals surface area (Å²) in [6.07, 6.45) is 1.47. The number of nitrogen functional groups attached to an aromatic ring is 1. The zero-order valence-corrected chi connectivity index (χ0v) is 12.4. The van der Waals surface area contributed by atoms with Crippen LogP contribution in [0.2, 0.25) is 0 Å². The predicted octanol–water partition coefficient (Wildman–Crippen LogP) is 3.70. The summed E-state index contributed by atoms with van der Waals surface area (Å²) in [5.41, 5.74) is 7.95. The molecule has 0 aliphatic carbocycles. The number of rotatable bonds is 2. The van der Waals surface area contributed by atoms with Crippen molar-refractivity contribution in [2.75, 3.05) is 11.1 Å². The van der Waals surface area contributed by atoms with E-state index in [9.17, 15) is 4.39 Å². The fourth-order valence-electron chi connectivity index (χ4n) is 1.89. The Hall–Kier alpha value is -1.96. The summed E-state index contributed by atoms with van der Waals surface area (Å²) in [6, 6.07) is 10.0. The van der Waals surface area contributed by atoms with E-state index >= 15 is 0 Å². The number of nitrogens with one attached hydrogen (secondary N) is 1. The van der Waals surface area contributed by atoms with Crippen LogP contribution in [0.3, 0.4) is 0 Å². The van der Waals surface area contributed by atoms with Gasteiger partial charge in [0.25, 0.3) is 0 Å². The Labute approximate surface area is 128 Å². The summed E-state index contributed by atoms with van der Waals surface area (Å²) < 4.78 is 13.9. The number of nitrogens with two attached hydrogens (primary N) is 1. The molecule has 0 amide bonds. The van der Waals surface area contributed by atoms with Gasteiger partial charge in [-0.2, -0.15) is 0 Å². The van der Waals surface area contributed by atoms with Crippen LogP contribution in [0.25, 0.3) is 10.9 Å². The Morgan fingerprint density at radius 1 is 1.10 bits per heavy atom. The van der Waals surface area contributed by atoms with Crippen molar-refractivity contribution in [3.8, 4) is 0 Å². The lowest BCUT2D eigenvalue weighted by Gasteiger charge is -2.10. The van der Waals surface area contributed by atoms with Gasteiger partial charge in [0.1, 0.15) is 18.0 Å². The molecule has 0 aliphatic rings. The number of aromatic nitrogens is 2. The molecule has 0 saturated carbocycles. The third kappa shape index (κ3) is 2.51. The van der Waals surface area contributed by atoms with Gasteiger partial charge < -0.3 is 11.1 Å². The highest BCUT2D eigenvalue weighted by Gasteiger charge is 2.07. The lowest BCUT2D eigenvalue weighted by Crippen LogP contribution is -1.98. The molecule has 3 aromatic rings. The van der Waals surface area contributed by atoms with Gasteiger partial charge in [-0.15, -0.1) is 0 Å². The Balaban J connectivity index is 2.06.